The first kappa shape index (κ1) is 17.9. The number of benzene rings is 1. The van der Waals surface area contributed by atoms with Gasteiger partial charge in [-0.05, 0) is 43.7 Å². The summed E-state index contributed by atoms with van der Waals surface area (Å²) in [7, 11) is 0. The van der Waals surface area contributed by atoms with E-state index in [4.69, 9.17) is 11.5 Å². The highest BCUT2D eigenvalue weighted by Gasteiger charge is 2.24. The molecule has 7 heteroatoms. The number of likely N-dealkylation sites (tertiary alicyclic amines) is 1. The van der Waals surface area contributed by atoms with Gasteiger partial charge in [0.2, 0.25) is 17.7 Å². The zero-order valence-electron chi connectivity index (χ0n) is 13.7. The lowest BCUT2D eigenvalue weighted by atomic mass is 9.99. The van der Waals surface area contributed by atoms with E-state index in [0.29, 0.717) is 30.6 Å². The minimum atomic E-state index is -0.501. The van der Waals surface area contributed by atoms with Crippen molar-refractivity contribution in [2.45, 2.75) is 38.1 Å². The molecule has 1 fully saturated rings. The predicted octanol–water partition coefficient (Wildman–Crippen LogP) is 0.844. The number of carbonyl (C=O) groups is 3. The summed E-state index contributed by atoms with van der Waals surface area (Å²) in [6.45, 7) is 1.49. The van der Waals surface area contributed by atoms with Crippen LogP contribution in [0.1, 0.15) is 42.5 Å². The van der Waals surface area contributed by atoms with Crippen molar-refractivity contribution in [3.8, 4) is 0 Å². The maximum atomic E-state index is 12.1. The third kappa shape index (κ3) is 5.34. The summed E-state index contributed by atoms with van der Waals surface area (Å²) < 4.78 is 0. The van der Waals surface area contributed by atoms with Crippen LogP contribution in [0.5, 0.6) is 0 Å². The highest BCUT2D eigenvalue weighted by molar-refractivity contribution is 5.94. The van der Waals surface area contributed by atoms with Gasteiger partial charge in [0.15, 0.2) is 0 Å². The number of rotatable bonds is 7. The molecule has 0 radical (unpaired) electrons. The first-order valence-electron chi connectivity index (χ1n) is 8.18. The number of nitrogens with one attached hydrogen (secondary N) is 1. The quantitative estimate of drug-likeness (QED) is 0.685. The second-order valence-corrected chi connectivity index (χ2v) is 6.10. The molecule has 5 N–H and O–H groups in total. The number of primary amides is 2. The van der Waals surface area contributed by atoms with E-state index in [1.54, 1.807) is 24.3 Å². The Morgan fingerprint density at radius 1 is 1.12 bits per heavy atom. The topological polar surface area (TPSA) is 119 Å². The molecule has 1 aliphatic rings. The van der Waals surface area contributed by atoms with E-state index in [-0.39, 0.29) is 17.9 Å². The van der Waals surface area contributed by atoms with Gasteiger partial charge in [0.05, 0.1) is 0 Å². The molecule has 0 unspecified atom stereocenters. The Hall–Kier alpha value is -2.41. The van der Waals surface area contributed by atoms with Crippen molar-refractivity contribution >= 4 is 23.4 Å². The number of amides is 3. The summed E-state index contributed by atoms with van der Waals surface area (Å²) in [6.07, 6.45) is 3.79. The second kappa shape index (κ2) is 8.44. The van der Waals surface area contributed by atoms with Gasteiger partial charge in [0.25, 0.3) is 0 Å². The molecule has 130 valence electrons. The molecule has 1 heterocycles. The summed E-state index contributed by atoms with van der Waals surface area (Å²) in [5.41, 5.74) is 11.5. The molecule has 0 aromatic heterocycles. The van der Waals surface area contributed by atoms with E-state index in [9.17, 15) is 14.4 Å². The van der Waals surface area contributed by atoms with E-state index in [0.717, 1.165) is 25.8 Å². The summed E-state index contributed by atoms with van der Waals surface area (Å²) in [5.74, 6) is -0.908. The molecule has 0 bridgehead atoms. The van der Waals surface area contributed by atoms with Crippen molar-refractivity contribution in [2.75, 3.05) is 18.4 Å². The SMILES string of the molecule is NC(=O)C[C@H]1CCCCN1CCC(=O)Nc1ccc(C(N)=O)cc1. The monoisotopic (exact) mass is 332 g/mol. The molecule has 0 saturated carbocycles. The van der Waals surface area contributed by atoms with Crippen LogP contribution >= 0.6 is 0 Å². The first-order valence-corrected chi connectivity index (χ1v) is 8.18. The molecule has 1 aliphatic heterocycles. The number of nitrogens with zero attached hydrogens (tertiary/aromatic N) is 1. The molecule has 2 rings (SSSR count). The Labute approximate surface area is 141 Å². The van der Waals surface area contributed by atoms with Crippen molar-refractivity contribution in [3.63, 3.8) is 0 Å². The molecule has 3 amide bonds. The lowest BCUT2D eigenvalue weighted by Crippen LogP contribution is -2.43. The average Bonchev–Trinajstić information content (AvgIpc) is 2.54. The van der Waals surface area contributed by atoms with Gasteiger partial charge in [-0.2, -0.15) is 0 Å². The fourth-order valence-electron chi connectivity index (χ4n) is 3.00. The lowest BCUT2D eigenvalue weighted by molar-refractivity contribution is -0.119. The average molecular weight is 332 g/mol. The van der Waals surface area contributed by atoms with Crippen LogP contribution < -0.4 is 16.8 Å². The van der Waals surface area contributed by atoms with Crippen LogP contribution in [0.15, 0.2) is 24.3 Å². The van der Waals surface area contributed by atoms with Crippen LogP contribution in [-0.2, 0) is 9.59 Å². The van der Waals surface area contributed by atoms with E-state index in [1.807, 2.05) is 0 Å². The molecule has 0 spiro atoms. The normalized spacial score (nSPS) is 18.1. The molecule has 0 aliphatic carbocycles. The molecule has 1 aromatic rings. The van der Waals surface area contributed by atoms with Crippen molar-refractivity contribution in [1.82, 2.24) is 4.90 Å². The van der Waals surface area contributed by atoms with Crippen molar-refractivity contribution in [1.29, 1.82) is 0 Å². The van der Waals surface area contributed by atoms with Crippen LogP contribution in [0.3, 0.4) is 0 Å². The van der Waals surface area contributed by atoms with Gasteiger partial charge in [-0.1, -0.05) is 6.42 Å². The van der Waals surface area contributed by atoms with Gasteiger partial charge in [-0.25, -0.2) is 0 Å². The van der Waals surface area contributed by atoms with Gasteiger partial charge in [-0.15, -0.1) is 0 Å². The number of piperidine rings is 1. The molecular formula is C17H24N4O3. The van der Waals surface area contributed by atoms with Crippen molar-refractivity contribution < 1.29 is 14.4 Å². The van der Waals surface area contributed by atoms with E-state index >= 15 is 0 Å². The smallest absolute Gasteiger partial charge is 0.248 e. The minimum Gasteiger partial charge on any atom is -0.370 e. The van der Waals surface area contributed by atoms with E-state index < -0.39 is 5.91 Å². The Morgan fingerprint density at radius 3 is 2.46 bits per heavy atom. The van der Waals surface area contributed by atoms with Gasteiger partial charge >= 0.3 is 0 Å². The summed E-state index contributed by atoms with van der Waals surface area (Å²) in [4.78, 5) is 36.4. The Bertz CT molecular complexity index is 600. The third-order valence-electron chi connectivity index (χ3n) is 4.27. The van der Waals surface area contributed by atoms with Gasteiger partial charge < -0.3 is 16.8 Å². The first-order chi connectivity index (χ1) is 11.5. The summed E-state index contributed by atoms with van der Waals surface area (Å²) >= 11 is 0. The largest absolute Gasteiger partial charge is 0.370 e. The van der Waals surface area contributed by atoms with E-state index in [2.05, 4.69) is 10.2 Å². The number of anilines is 1. The molecule has 7 nitrogen and oxygen atoms in total. The molecule has 1 aromatic carbocycles. The summed E-state index contributed by atoms with van der Waals surface area (Å²) in [6, 6.07) is 6.58. The van der Waals surface area contributed by atoms with Crippen molar-refractivity contribution in [3.05, 3.63) is 29.8 Å². The Morgan fingerprint density at radius 2 is 1.83 bits per heavy atom. The van der Waals surface area contributed by atoms with E-state index in [1.165, 1.54) is 0 Å². The predicted molar refractivity (Wildman–Crippen MR) is 91.2 cm³/mol. The zero-order chi connectivity index (χ0) is 17.5. The highest BCUT2D eigenvalue weighted by atomic mass is 16.2. The lowest BCUT2D eigenvalue weighted by Gasteiger charge is -2.34. The Kier molecular flexibility index (Phi) is 6.31. The maximum Gasteiger partial charge on any atom is 0.248 e. The molecular weight excluding hydrogens is 308 g/mol. The fourth-order valence-corrected chi connectivity index (χ4v) is 3.00. The maximum absolute atomic E-state index is 12.1. The number of hydrogen-bond acceptors (Lipinski definition) is 4. The van der Waals surface area contributed by atoms with Crippen molar-refractivity contribution in [2.24, 2.45) is 11.5 Å². The third-order valence-corrected chi connectivity index (χ3v) is 4.27. The number of nitrogens with two attached hydrogens (primary N) is 2. The zero-order valence-corrected chi connectivity index (χ0v) is 13.7. The number of hydrogen-bond donors (Lipinski definition) is 3. The second-order valence-electron chi connectivity index (χ2n) is 6.10. The highest BCUT2D eigenvalue weighted by Crippen LogP contribution is 2.20. The Balaban J connectivity index is 1.83. The van der Waals surface area contributed by atoms with Crippen LogP contribution in [0.25, 0.3) is 0 Å². The molecule has 1 saturated heterocycles. The van der Waals surface area contributed by atoms with Crippen LogP contribution in [0.4, 0.5) is 5.69 Å². The molecule has 24 heavy (non-hydrogen) atoms. The van der Waals surface area contributed by atoms with Gasteiger partial charge in [-0.3, -0.25) is 19.3 Å². The van der Waals surface area contributed by atoms with Crippen LogP contribution in [0.2, 0.25) is 0 Å². The van der Waals surface area contributed by atoms with Gasteiger partial charge in [0.1, 0.15) is 0 Å². The molecule has 1 atom stereocenters. The standard InChI is InChI=1S/C17H24N4O3/c18-15(22)11-14-3-1-2-9-21(14)10-8-16(23)20-13-6-4-12(5-7-13)17(19)24/h4-7,14H,1-3,8-11H2,(H2,18,22)(H2,19,24)(H,20,23)/t14-/m1/s1. The minimum absolute atomic E-state index is 0.106. The number of carbonyl (C=O) groups excluding carboxylic acids is 3. The fraction of sp³-hybridized carbons (Fsp3) is 0.471. The van der Waals surface area contributed by atoms with Gasteiger partial charge in [0, 0.05) is 36.7 Å². The summed E-state index contributed by atoms with van der Waals surface area (Å²) in [5, 5.41) is 2.79. The van der Waals surface area contributed by atoms with Crippen LogP contribution in [-0.4, -0.2) is 41.8 Å². The van der Waals surface area contributed by atoms with Crippen LogP contribution in [0, 0.1) is 0 Å².